The maximum Gasteiger partial charge on any atom is 0.407 e. The number of fused-ring (bicyclic) bond motifs is 3. The van der Waals surface area contributed by atoms with E-state index in [1.165, 1.54) is 0 Å². The monoisotopic (exact) mass is 464 g/mol. The average Bonchev–Trinajstić information content (AvgIpc) is 3.15. The van der Waals surface area contributed by atoms with Gasteiger partial charge in [-0.3, -0.25) is 9.59 Å². The van der Waals surface area contributed by atoms with E-state index in [0.717, 1.165) is 35.1 Å². The molecule has 4 rings (SSSR count). The smallest absolute Gasteiger partial charge is 0.407 e. The molecular weight excluding hydrogens is 432 g/mol. The first kappa shape index (κ1) is 23.8. The maximum atomic E-state index is 12.9. The maximum absolute atomic E-state index is 12.9. The third-order valence-electron chi connectivity index (χ3n) is 6.94. The summed E-state index contributed by atoms with van der Waals surface area (Å²) in [6, 6.07) is 15.3. The van der Waals surface area contributed by atoms with Gasteiger partial charge in [-0.05, 0) is 47.4 Å². The number of aliphatic carboxylic acids is 1. The Morgan fingerprint density at radius 2 is 1.62 bits per heavy atom. The molecule has 0 heterocycles. The van der Waals surface area contributed by atoms with Gasteiger partial charge in [-0.2, -0.15) is 0 Å². The minimum Gasteiger partial charge on any atom is -0.481 e. The van der Waals surface area contributed by atoms with Crippen molar-refractivity contribution in [3.63, 3.8) is 0 Å². The highest BCUT2D eigenvalue weighted by Gasteiger charge is 2.32. The number of nitrogens with one attached hydrogen (secondary N) is 2. The van der Waals surface area contributed by atoms with E-state index in [0.29, 0.717) is 12.8 Å². The predicted molar refractivity (Wildman–Crippen MR) is 128 cm³/mol. The zero-order valence-electron chi connectivity index (χ0n) is 19.6. The van der Waals surface area contributed by atoms with Crippen LogP contribution in [0.15, 0.2) is 48.5 Å². The number of carboxylic acids is 1. The summed E-state index contributed by atoms with van der Waals surface area (Å²) in [4.78, 5) is 36.9. The van der Waals surface area contributed by atoms with Crippen molar-refractivity contribution < 1.29 is 24.2 Å². The highest BCUT2D eigenvalue weighted by atomic mass is 16.5. The van der Waals surface area contributed by atoms with Crippen molar-refractivity contribution in [1.82, 2.24) is 10.6 Å². The van der Waals surface area contributed by atoms with Crippen LogP contribution in [0.1, 0.15) is 56.6 Å². The Hall–Kier alpha value is -3.35. The molecule has 0 bridgehead atoms. The Morgan fingerprint density at radius 3 is 2.21 bits per heavy atom. The van der Waals surface area contributed by atoms with Crippen molar-refractivity contribution in [2.75, 3.05) is 6.61 Å². The summed E-state index contributed by atoms with van der Waals surface area (Å²) in [5.41, 5.74) is 4.55. The van der Waals surface area contributed by atoms with Crippen molar-refractivity contribution in [1.29, 1.82) is 0 Å². The van der Waals surface area contributed by atoms with Crippen LogP contribution in [-0.4, -0.2) is 41.8 Å². The van der Waals surface area contributed by atoms with E-state index >= 15 is 0 Å². The van der Waals surface area contributed by atoms with E-state index in [9.17, 15) is 19.5 Å². The van der Waals surface area contributed by atoms with Gasteiger partial charge in [-0.1, -0.05) is 68.8 Å². The van der Waals surface area contributed by atoms with E-state index in [-0.39, 0.29) is 30.4 Å². The lowest BCUT2D eigenvalue weighted by atomic mass is 9.85. The van der Waals surface area contributed by atoms with Crippen LogP contribution < -0.4 is 10.6 Å². The fraction of sp³-hybridized carbons (Fsp3) is 0.444. The van der Waals surface area contributed by atoms with E-state index in [1.807, 2.05) is 38.1 Å². The summed E-state index contributed by atoms with van der Waals surface area (Å²) in [5, 5.41) is 15.0. The van der Waals surface area contributed by atoms with Crippen LogP contribution >= 0.6 is 0 Å². The van der Waals surface area contributed by atoms with E-state index in [1.54, 1.807) is 0 Å². The zero-order valence-corrected chi connectivity index (χ0v) is 19.6. The molecule has 1 saturated carbocycles. The van der Waals surface area contributed by atoms with E-state index in [4.69, 9.17) is 4.74 Å². The second-order valence-corrected chi connectivity index (χ2v) is 9.60. The number of benzene rings is 2. The lowest BCUT2D eigenvalue weighted by Crippen LogP contribution is -2.53. The molecule has 1 fully saturated rings. The number of carbonyl (C=O) groups is 3. The molecular formula is C27H32N2O5. The van der Waals surface area contributed by atoms with Crippen molar-refractivity contribution in [2.45, 2.75) is 57.5 Å². The third-order valence-corrected chi connectivity index (χ3v) is 6.94. The number of amides is 2. The predicted octanol–water partition coefficient (Wildman–Crippen LogP) is 4.31. The van der Waals surface area contributed by atoms with Crippen LogP contribution in [0.25, 0.3) is 11.1 Å². The first-order chi connectivity index (χ1) is 16.3. The summed E-state index contributed by atoms with van der Waals surface area (Å²) in [7, 11) is 0. The number of alkyl carbamates (subject to hydrolysis) is 1. The van der Waals surface area contributed by atoms with Gasteiger partial charge < -0.3 is 20.5 Å². The van der Waals surface area contributed by atoms with Crippen molar-refractivity contribution in [2.24, 2.45) is 11.8 Å². The molecule has 0 aromatic heterocycles. The van der Waals surface area contributed by atoms with Crippen LogP contribution in [0.4, 0.5) is 4.79 Å². The van der Waals surface area contributed by atoms with Gasteiger partial charge in [0.25, 0.3) is 0 Å². The largest absolute Gasteiger partial charge is 0.481 e. The summed E-state index contributed by atoms with van der Waals surface area (Å²) in [6.45, 7) is 3.89. The van der Waals surface area contributed by atoms with Crippen LogP contribution in [0.3, 0.4) is 0 Å². The number of hydrogen-bond acceptors (Lipinski definition) is 4. The molecule has 7 nitrogen and oxygen atoms in total. The molecule has 2 aromatic rings. The van der Waals surface area contributed by atoms with Gasteiger partial charge in [0.05, 0.1) is 5.92 Å². The topological polar surface area (TPSA) is 105 Å². The summed E-state index contributed by atoms with van der Waals surface area (Å²) in [5.74, 6) is -1.78. The Kier molecular flexibility index (Phi) is 7.20. The second kappa shape index (κ2) is 10.3. The highest BCUT2D eigenvalue weighted by Crippen LogP contribution is 2.44. The van der Waals surface area contributed by atoms with Crippen LogP contribution in [-0.2, 0) is 14.3 Å². The number of carboxylic acid groups (broad SMARTS) is 1. The molecule has 34 heavy (non-hydrogen) atoms. The summed E-state index contributed by atoms with van der Waals surface area (Å²) in [6.07, 6.45) is 1.91. The first-order valence-corrected chi connectivity index (χ1v) is 12.0. The minimum absolute atomic E-state index is 0.0559. The summed E-state index contributed by atoms with van der Waals surface area (Å²) < 4.78 is 5.60. The molecule has 3 atom stereocenters. The lowest BCUT2D eigenvalue weighted by Gasteiger charge is -2.30. The average molecular weight is 465 g/mol. The van der Waals surface area contributed by atoms with Crippen LogP contribution in [0.2, 0.25) is 0 Å². The second-order valence-electron chi connectivity index (χ2n) is 9.60. The van der Waals surface area contributed by atoms with Gasteiger partial charge in [0.2, 0.25) is 5.91 Å². The number of hydrogen-bond donors (Lipinski definition) is 3. The first-order valence-electron chi connectivity index (χ1n) is 12.0. The van der Waals surface area contributed by atoms with Gasteiger partial charge in [-0.15, -0.1) is 0 Å². The lowest BCUT2D eigenvalue weighted by molar-refractivity contribution is -0.143. The molecule has 2 aliphatic rings. The fourth-order valence-corrected chi connectivity index (χ4v) is 5.14. The van der Waals surface area contributed by atoms with Gasteiger partial charge in [0.15, 0.2) is 0 Å². The standard InChI is InChI=1S/C27H32N2O5/c1-16(2)24(25(30)28-18-9-7-8-17(14-18)26(31)32)29-27(33)34-15-23-21-12-5-3-10-19(21)20-11-4-6-13-22(20)23/h3-6,10-13,16-18,23-24H,7-9,14-15H2,1-2H3,(H,28,30)(H,29,33)(H,31,32)/t17-,18-,24-/m1/s1. The van der Waals surface area contributed by atoms with Crippen molar-refractivity contribution in [3.05, 3.63) is 59.7 Å². The van der Waals surface area contributed by atoms with Crippen molar-refractivity contribution in [3.8, 4) is 11.1 Å². The van der Waals surface area contributed by atoms with Gasteiger partial charge in [-0.25, -0.2) is 4.79 Å². The van der Waals surface area contributed by atoms with Crippen molar-refractivity contribution >= 4 is 18.0 Å². The fourth-order valence-electron chi connectivity index (χ4n) is 5.14. The molecule has 0 saturated heterocycles. The van der Waals surface area contributed by atoms with Gasteiger partial charge in [0, 0.05) is 12.0 Å². The van der Waals surface area contributed by atoms with E-state index in [2.05, 4.69) is 34.9 Å². The molecule has 0 unspecified atom stereocenters. The number of ether oxygens (including phenoxy) is 1. The molecule has 3 N–H and O–H groups in total. The molecule has 180 valence electrons. The summed E-state index contributed by atoms with van der Waals surface area (Å²) >= 11 is 0. The molecule has 0 aliphatic heterocycles. The Labute approximate surface area is 199 Å². The quantitative estimate of drug-likeness (QED) is 0.566. The molecule has 0 spiro atoms. The number of rotatable bonds is 7. The zero-order chi connectivity index (χ0) is 24.2. The molecule has 2 aliphatic carbocycles. The van der Waals surface area contributed by atoms with Crippen LogP contribution in [0.5, 0.6) is 0 Å². The highest BCUT2D eigenvalue weighted by molar-refractivity contribution is 5.86. The SMILES string of the molecule is CC(C)[C@@H](NC(=O)OCC1c2ccccc2-c2ccccc21)C(=O)N[C@@H]1CCC[C@@H](C(=O)O)C1. The Bertz CT molecular complexity index is 1020. The third kappa shape index (κ3) is 5.08. The molecule has 2 amide bonds. The normalized spacial score (nSPS) is 20.2. The minimum atomic E-state index is -0.823. The van der Waals surface area contributed by atoms with E-state index < -0.39 is 24.0 Å². The van der Waals surface area contributed by atoms with Gasteiger partial charge in [0.1, 0.15) is 12.6 Å². The van der Waals surface area contributed by atoms with Crippen LogP contribution in [0, 0.1) is 11.8 Å². The Morgan fingerprint density at radius 1 is 1.00 bits per heavy atom. The molecule has 2 aromatic carbocycles. The Balaban J connectivity index is 1.36. The number of carbonyl (C=O) groups excluding carboxylic acids is 2. The molecule has 7 heteroatoms. The van der Waals surface area contributed by atoms with Gasteiger partial charge >= 0.3 is 12.1 Å². The molecule has 0 radical (unpaired) electrons.